The van der Waals surface area contributed by atoms with Gasteiger partial charge in [0.2, 0.25) is 0 Å². The van der Waals surface area contributed by atoms with Crippen molar-refractivity contribution in [3.05, 3.63) is 66.1 Å². The molecule has 6 heteroatoms. The van der Waals surface area contributed by atoms with Gasteiger partial charge in [-0.2, -0.15) is 0 Å². The minimum atomic E-state index is -0.271. The average Bonchev–Trinajstić information content (AvgIpc) is 3.01. The van der Waals surface area contributed by atoms with E-state index in [1.807, 2.05) is 11.4 Å². The highest BCUT2D eigenvalue weighted by Gasteiger charge is 2.13. The Labute approximate surface area is 141 Å². The SMILES string of the molecule is Oc1cccc(Nc2ncnc3scc(-c4ccc(F)cc4)c23)c1. The van der Waals surface area contributed by atoms with E-state index in [4.69, 9.17) is 0 Å². The van der Waals surface area contributed by atoms with Gasteiger partial charge in [-0.3, -0.25) is 0 Å². The molecular formula is C18H12FN3OS. The summed E-state index contributed by atoms with van der Waals surface area (Å²) in [4.78, 5) is 9.49. The van der Waals surface area contributed by atoms with Crippen molar-refractivity contribution in [2.75, 3.05) is 5.32 Å². The molecule has 118 valence electrons. The molecule has 4 nitrogen and oxygen atoms in total. The molecule has 0 amide bonds. The molecule has 0 unspecified atom stereocenters. The molecule has 2 aromatic carbocycles. The molecule has 0 atom stereocenters. The Kier molecular flexibility index (Phi) is 3.59. The number of aromatic hydroxyl groups is 1. The monoisotopic (exact) mass is 337 g/mol. The van der Waals surface area contributed by atoms with Crippen molar-refractivity contribution < 1.29 is 9.50 Å². The van der Waals surface area contributed by atoms with Crippen LogP contribution in [-0.4, -0.2) is 15.1 Å². The van der Waals surface area contributed by atoms with Gasteiger partial charge in [0.1, 0.15) is 28.5 Å². The molecule has 0 radical (unpaired) electrons. The lowest BCUT2D eigenvalue weighted by Crippen LogP contribution is -1.95. The summed E-state index contributed by atoms with van der Waals surface area (Å²) < 4.78 is 13.2. The van der Waals surface area contributed by atoms with E-state index in [2.05, 4.69) is 15.3 Å². The molecule has 0 saturated carbocycles. The minimum absolute atomic E-state index is 0.175. The van der Waals surface area contributed by atoms with E-state index in [9.17, 15) is 9.50 Å². The predicted molar refractivity (Wildman–Crippen MR) is 94.2 cm³/mol. The second kappa shape index (κ2) is 5.90. The molecule has 2 aromatic heterocycles. The first-order valence-electron chi connectivity index (χ1n) is 7.25. The number of nitrogens with one attached hydrogen (secondary N) is 1. The molecule has 0 aliphatic rings. The third-order valence-corrected chi connectivity index (χ3v) is 4.52. The Hall–Kier alpha value is -2.99. The molecule has 2 N–H and O–H groups in total. The van der Waals surface area contributed by atoms with Gasteiger partial charge in [-0.1, -0.05) is 18.2 Å². The summed E-state index contributed by atoms with van der Waals surface area (Å²) in [5.41, 5.74) is 2.57. The highest BCUT2D eigenvalue weighted by atomic mass is 32.1. The average molecular weight is 337 g/mol. The van der Waals surface area contributed by atoms with Crippen molar-refractivity contribution in [3.63, 3.8) is 0 Å². The summed E-state index contributed by atoms with van der Waals surface area (Å²) in [6.45, 7) is 0. The first kappa shape index (κ1) is 14.6. The first-order chi connectivity index (χ1) is 11.7. The Bertz CT molecular complexity index is 1010. The van der Waals surface area contributed by atoms with Crippen LogP contribution >= 0.6 is 11.3 Å². The molecule has 2 heterocycles. The van der Waals surface area contributed by atoms with Crippen LogP contribution in [0.3, 0.4) is 0 Å². The molecule has 0 aliphatic heterocycles. The number of thiophene rings is 1. The standard InChI is InChI=1S/C18H12FN3OS/c19-12-6-4-11(5-7-12)15-9-24-18-16(15)17(20-10-21-18)22-13-2-1-3-14(23)8-13/h1-10,23H,(H,20,21,22). The number of aromatic nitrogens is 2. The topological polar surface area (TPSA) is 58.0 Å². The maximum Gasteiger partial charge on any atom is 0.143 e. The van der Waals surface area contributed by atoms with Crippen LogP contribution in [-0.2, 0) is 0 Å². The summed E-state index contributed by atoms with van der Waals surface area (Å²) in [6, 6.07) is 13.2. The number of phenols is 1. The van der Waals surface area contributed by atoms with E-state index in [1.54, 1.807) is 30.3 Å². The molecule has 0 saturated heterocycles. The lowest BCUT2D eigenvalue weighted by Gasteiger charge is -2.08. The second-order valence-electron chi connectivity index (χ2n) is 5.23. The van der Waals surface area contributed by atoms with Gasteiger partial charge in [0.15, 0.2) is 0 Å². The number of hydrogen-bond donors (Lipinski definition) is 2. The summed E-state index contributed by atoms with van der Waals surface area (Å²) in [6.07, 6.45) is 1.50. The lowest BCUT2D eigenvalue weighted by atomic mass is 10.1. The Morgan fingerprint density at radius 1 is 1.04 bits per heavy atom. The predicted octanol–water partition coefficient (Wildman–Crippen LogP) is 4.95. The molecular weight excluding hydrogens is 325 g/mol. The molecule has 4 aromatic rings. The van der Waals surface area contributed by atoms with Crippen molar-refractivity contribution in [3.8, 4) is 16.9 Å². The van der Waals surface area contributed by atoms with E-state index in [0.717, 1.165) is 27.0 Å². The third kappa shape index (κ3) is 2.68. The maximum atomic E-state index is 13.2. The number of hydrogen-bond acceptors (Lipinski definition) is 5. The zero-order valence-corrected chi connectivity index (χ0v) is 13.2. The van der Waals surface area contributed by atoms with Gasteiger partial charge >= 0.3 is 0 Å². The summed E-state index contributed by atoms with van der Waals surface area (Å²) >= 11 is 1.51. The molecule has 24 heavy (non-hydrogen) atoms. The van der Waals surface area contributed by atoms with Gasteiger partial charge in [0, 0.05) is 22.7 Å². The molecule has 0 bridgehead atoms. The number of nitrogens with zero attached hydrogens (tertiary/aromatic N) is 2. The van der Waals surface area contributed by atoms with E-state index in [-0.39, 0.29) is 11.6 Å². The summed E-state index contributed by atoms with van der Waals surface area (Å²) in [7, 11) is 0. The quantitative estimate of drug-likeness (QED) is 0.555. The van der Waals surface area contributed by atoms with Gasteiger partial charge in [0.05, 0.1) is 5.39 Å². The van der Waals surface area contributed by atoms with Crippen molar-refractivity contribution in [2.45, 2.75) is 0 Å². The van der Waals surface area contributed by atoms with Crippen LogP contribution in [0.15, 0.2) is 60.2 Å². The maximum absolute atomic E-state index is 13.2. The van der Waals surface area contributed by atoms with Crippen molar-refractivity contribution in [1.82, 2.24) is 9.97 Å². The van der Waals surface area contributed by atoms with Crippen LogP contribution in [0.2, 0.25) is 0 Å². The van der Waals surface area contributed by atoms with Gasteiger partial charge in [-0.25, -0.2) is 14.4 Å². The van der Waals surface area contributed by atoms with E-state index in [0.29, 0.717) is 5.82 Å². The fourth-order valence-electron chi connectivity index (χ4n) is 2.53. The Morgan fingerprint density at radius 2 is 1.88 bits per heavy atom. The minimum Gasteiger partial charge on any atom is -0.508 e. The van der Waals surface area contributed by atoms with Gasteiger partial charge in [-0.15, -0.1) is 11.3 Å². The van der Waals surface area contributed by atoms with Crippen LogP contribution in [0.4, 0.5) is 15.9 Å². The fraction of sp³-hybridized carbons (Fsp3) is 0. The van der Waals surface area contributed by atoms with E-state index in [1.165, 1.54) is 29.8 Å². The summed E-state index contributed by atoms with van der Waals surface area (Å²) in [5.74, 6) is 0.549. The largest absolute Gasteiger partial charge is 0.508 e. The number of halogens is 1. The van der Waals surface area contributed by atoms with Crippen LogP contribution in [0.25, 0.3) is 21.3 Å². The normalized spacial score (nSPS) is 10.9. The Morgan fingerprint density at radius 3 is 2.67 bits per heavy atom. The van der Waals surface area contributed by atoms with Gasteiger partial charge in [-0.05, 0) is 29.8 Å². The number of benzene rings is 2. The summed E-state index contributed by atoms with van der Waals surface area (Å²) in [5, 5.41) is 15.7. The number of phenolic OH excluding ortho intramolecular Hbond substituents is 1. The number of rotatable bonds is 3. The molecule has 0 spiro atoms. The zero-order valence-electron chi connectivity index (χ0n) is 12.4. The second-order valence-corrected chi connectivity index (χ2v) is 6.09. The third-order valence-electron chi connectivity index (χ3n) is 3.63. The van der Waals surface area contributed by atoms with Crippen LogP contribution < -0.4 is 5.32 Å². The van der Waals surface area contributed by atoms with Crippen molar-refractivity contribution >= 4 is 33.1 Å². The van der Waals surface area contributed by atoms with Gasteiger partial charge in [0.25, 0.3) is 0 Å². The highest BCUT2D eigenvalue weighted by Crippen LogP contribution is 2.37. The zero-order chi connectivity index (χ0) is 16.5. The Balaban J connectivity index is 1.84. The highest BCUT2D eigenvalue weighted by molar-refractivity contribution is 7.17. The number of anilines is 2. The molecule has 4 rings (SSSR count). The van der Waals surface area contributed by atoms with Crippen molar-refractivity contribution in [1.29, 1.82) is 0 Å². The molecule has 0 aliphatic carbocycles. The van der Waals surface area contributed by atoms with E-state index < -0.39 is 0 Å². The fourth-order valence-corrected chi connectivity index (χ4v) is 3.45. The molecule has 0 fully saturated rings. The van der Waals surface area contributed by atoms with Crippen LogP contribution in [0.1, 0.15) is 0 Å². The lowest BCUT2D eigenvalue weighted by molar-refractivity contribution is 0.475. The smallest absolute Gasteiger partial charge is 0.143 e. The first-order valence-corrected chi connectivity index (χ1v) is 8.13. The van der Waals surface area contributed by atoms with Crippen molar-refractivity contribution in [2.24, 2.45) is 0 Å². The van der Waals surface area contributed by atoms with E-state index >= 15 is 0 Å². The van der Waals surface area contributed by atoms with Crippen LogP contribution in [0.5, 0.6) is 5.75 Å². The van der Waals surface area contributed by atoms with Crippen LogP contribution in [0, 0.1) is 5.82 Å². The number of fused-ring (bicyclic) bond motifs is 1. The van der Waals surface area contributed by atoms with Gasteiger partial charge < -0.3 is 10.4 Å².